The van der Waals surface area contributed by atoms with Gasteiger partial charge >= 0.3 is 0 Å². The van der Waals surface area contributed by atoms with Crippen LogP contribution in [0.5, 0.6) is 11.5 Å². The number of hydrogen-bond donors (Lipinski definition) is 1. The largest absolute Gasteiger partial charge is 0.497 e. The highest BCUT2D eigenvalue weighted by Gasteiger charge is 2.36. The average Bonchev–Trinajstić information content (AvgIpc) is 2.46. The summed E-state index contributed by atoms with van der Waals surface area (Å²) in [5.74, 6) is 2.76. The molecule has 1 fully saturated rings. The van der Waals surface area contributed by atoms with Gasteiger partial charge < -0.3 is 14.6 Å². The Labute approximate surface area is 128 Å². The van der Waals surface area contributed by atoms with Crippen molar-refractivity contribution in [2.24, 2.45) is 11.8 Å². The van der Waals surface area contributed by atoms with E-state index in [1.165, 1.54) is 12.8 Å². The van der Waals surface area contributed by atoms with Crippen LogP contribution in [0.2, 0.25) is 0 Å². The number of methoxy groups -OCH3 is 2. The Kier molecular flexibility index (Phi) is 5.15. The highest BCUT2D eigenvalue weighted by molar-refractivity contribution is 5.41. The minimum atomic E-state index is -0.750. The van der Waals surface area contributed by atoms with Crippen molar-refractivity contribution >= 4 is 0 Å². The van der Waals surface area contributed by atoms with Gasteiger partial charge in [-0.25, -0.2) is 0 Å². The molecule has 0 heterocycles. The van der Waals surface area contributed by atoms with Crippen LogP contribution in [-0.2, 0) is 5.60 Å². The molecule has 1 aliphatic carbocycles. The van der Waals surface area contributed by atoms with Crippen LogP contribution in [0.4, 0.5) is 0 Å². The molecule has 0 saturated heterocycles. The zero-order valence-electron chi connectivity index (χ0n) is 13.7. The van der Waals surface area contributed by atoms with Crippen molar-refractivity contribution < 1.29 is 14.6 Å². The SMILES string of the molecule is COc1cc(OC)cc(C2(O)CCCC(CC(C)C)C2)c1. The van der Waals surface area contributed by atoms with E-state index in [1.54, 1.807) is 14.2 Å². The van der Waals surface area contributed by atoms with E-state index >= 15 is 0 Å². The maximum Gasteiger partial charge on any atom is 0.122 e. The van der Waals surface area contributed by atoms with Gasteiger partial charge in [-0.2, -0.15) is 0 Å². The Morgan fingerprint density at radius 2 is 1.81 bits per heavy atom. The van der Waals surface area contributed by atoms with Gasteiger partial charge in [-0.15, -0.1) is 0 Å². The minimum absolute atomic E-state index is 0.598. The molecule has 0 amide bonds. The summed E-state index contributed by atoms with van der Waals surface area (Å²) < 4.78 is 10.7. The maximum absolute atomic E-state index is 11.2. The zero-order chi connectivity index (χ0) is 15.5. The molecule has 0 aromatic heterocycles. The molecule has 0 spiro atoms. The first-order valence-corrected chi connectivity index (χ1v) is 7.93. The second kappa shape index (κ2) is 6.69. The minimum Gasteiger partial charge on any atom is -0.497 e. The first kappa shape index (κ1) is 16.2. The van der Waals surface area contributed by atoms with Gasteiger partial charge in [-0.05, 0) is 55.2 Å². The van der Waals surface area contributed by atoms with E-state index in [0.717, 1.165) is 36.3 Å². The zero-order valence-corrected chi connectivity index (χ0v) is 13.7. The summed E-state index contributed by atoms with van der Waals surface area (Å²) in [6.45, 7) is 4.50. The molecule has 1 aromatic rings. The number of aliphatic hydroxyl groups is 1. The number of benzene rings is 1. The second-order valence-corrected chi connectivity index (χ2v) is 6.72. The highest BCUT2D eigenvalue weighted by atomic mass is 16.5. The molecule has 0 aliphatic heterocycles. The molecule has 0 radical (unpaired) electrons. The van der Waals surface area contributed by atoms with Crippen LogP contribution < -0.4 is 9.47 Å². The lowest BCUT2D eigenvalue weighted by Gasteiger charge is -2.38. The van der Waals surface area contributed by atoms with E-state index in [2.05, 4.69) is 13.8 Å². The van der Waals surface area contributed by atoms with Gasteiger partial charge in [-0.1, -0.05) is 20.3 Å². The Balaban J connectivity index is 2.25. The molecule has 118 valence electrons. The lowest BCUT2D eigenvalue weighted by Crippen LogP contribution is -2.33. The molecule has 2 atom stereocenters. The van der Waals surface area contributed by atoms with E-state index in [1.807, 2.05) is 18.2 Å². The van der Waals surface area contributed by atoms with Crippen molar-refractivity contribution in [1.82, 2.24) is 0 Å². The third kappa shape index (κ3) is 3.91. The lowest BCUT2D eigenvalue weighted by molar-refractivity contribution is -0.0247. The van der Waals surface area contributed by atoms with Crippen molar-refractivity contribution in [3.05, 3.63) is 23.8 Å². The number of rotatable bonds is 5. The van der Waals surface area contributed by atoms with Gasteiger partial charge in [0.05, 0.1) is 19.8 Å². The van der Waals surface area contributed by atoms with Gasteiger partial charge in [0.25, 0.3) is 0 Å². The molecule has 1 aromatic carbocycles. The molecule has 1 aliphatic rings. The Hall–Kier alpha value is -1.22. The number of hydrogen-bond acceptors (Lipinski definition) is 3. The fourth-order valence-corrected chi connectivity index (χ4v) is 3.57. The fourth-order valence-electron chi connectivity index (χ4n) is 3.57. The lowest BCUT2D eigenvalue weighted by atomic mass is 9.72. The van der Waals surface area contributed by atoms with Gasteiger partial charge in [0.1, 0.15) is 11.5 Å². The summed E-state index contributed by atoms with van der Waals surface area (Å²) in [5.41, 5.74) is 0.173. The first-order valence-electron chi connectivity index (χ1n) is 7.93. The van der Waals surface area contributed by atoms with Crippen LogP contribution in [-0.4, -0.2) is 19.3 Å². The molecule has 21 heavy (non-hydrogen) atoms. The van der Waals surface area contributed by atoms with E-state index in [-0.39, 0.29) is 0 Å². The van der Waals surface area contributed by atoms with Gasteiger partial charge in [0, 0.05) is 6.07 Å². The smallest absolute Gasteiger partial charge is 0.122 e. The molecule has 1 N–H and O–H groups in total. The molecule has 3 nitrogen and oxygen atoms in total. The van der Waals surface area contributed by atoms with Crippen LogP contribution in [0.1, 0.15) is 51.5 Å². The predicted molar refractivity (Wildman–Crippen MR) is 84.9 cm³/mol. The topological polar surface area (TPSA) is 38.7 Å². The van der Waals surface area contributed by atoms with Crippen LogP contribution in [0, 0.1) is 11.8 Å². The summed E-state index contributed by atoms with van der Waals surface area (Å²) in [6, 6.07) is 5.74. The number of ether oxygens (including phenoxy) is 2. The van der Waals surface area contributed by atoms with Crippen LogP contribution in [0.3, 0.4) is 0 Å². The molecule has 1 saturated carbocycles. The normalized spacial score (nSPS) is 25.9. The van der Waals surface area contributed by atoms with Crippen molar-refractivity contribution in [1.29, 1.82) is 0 Å². The Morgan fingerprint density at radius 3 is 2.33 bits per heavy atom. The molecule has 0 bridgehead atoms. The van der Waals surface area contributed by atoms with Gasteiger partial charge in [-0.3, -0.25) is 0 Å². The predicted octanol–water partition coefficient (Wildman–Crippen LogP) is 4.13. The maximum atomic E-state index is 11.2. The summed E-state index contributed by atoms with van der Waals surface area (Å²) in [5, 5.41) is 11.2. The first-order chi connectivity index (χ1) is 9.96. The average molecular weight is 292 g/mol. The van der Waals surface area contributed by atoms with Gasteiger partial charge in [0.2, 0.25) is 0 Å². The van der Waals surface area contributed by atoms with Gasteiger partial charge in [0.15, 0.2) is 0 Å². The van der Waals surface area contributed by atoms with Crippen LogP contribution in [0.25, 0.3) is 0 Å². The molecule has 2 unspecified atom stereocenters. The fraction of sp³-hybridized carbons (Fsp3) is 0.667. The van der Waals surface area contributed by atoms with Crippen molar-refractivity contribution in [2.75, 3.05) is 14.2 Å². The summed E-state index contributed by atoms with van der Waals surface area (Å²) >= 11 is 0. The third-order valence-corrected chi connectivity index (χ3v) is 4.52. The van der Waals surface area contributed by atoms with E-state index < -0.39 is 5.60 Å². The molecule has 3 heteroatoms. The summed E-state index contributed by atoms with van der Waals surface area (Å²) in [6.07, 6.45) is 5.14. The quantitative estimate of drug-likeness (QED) is 0.887. The molecular weight excluding hydrogens is 264 g/mol. The van der Waals surface area contributed by atoms with Crippen molar-refractivity contribution in [3.8, 4) is 11.5 Å². The monoisotopic (exact) mass is 292 g/mol. The molecular formula is C18H28O3. The van der Waals surface area contributed by atoms with Crippen LogP contribution >= 0.6 is 0 Å². The molecule has 2 rings (SSSR count). The standard InChI is InChI=1S/C18H28O3/c1-13(2)8-14-6-5-7-18(19,12-14)15-9-16(20-3)11-17(10-15)21-4/h9-11,13-14,19H,5-8,12H2,1-4H3. The van der Waals surface area contributed by atoms with Crippen molar-refractivity contribution in [2.45, 2.75) is 51.6 Å². The Bertz CT molecular complexity index is 447. The van der Waals surface area contributed by atoms with Crippen molar-refractivity contribution in [3.63, 3.8) is 0 Å². The third-order valence-electron chi connectivity index (χ3n) is 4.52. The summed E-state index contributed by atoms with van der Waals surface area (Å²) in [4.78, 5) is 0. The summed E-state index contributed by atoms with van der Waals surface area (Å²) in [7, 11) is 3.29. The Morgan fingerprint density at radius 1 is 1.19 bits per heavy atom. The second-order valence-electron chi connectivity index (χ2n) is 6.72. The van der Waals surface area contributed by atoms with Crippen LogP contribution in [0.15, 0.2) is 18.2 Å². The van der Waals surface area contributed by atoms with E-state index in [4.69, 9.17) is 9.47 Å². The highest BCUT2D eigenvalue weighted by Crippen LogP contribution is 2.43. The van der Waals surface area contributed by atoms with E-state index in [9.17, 15) is 5.11 Å². The van der Waals surface area contributed by atoms with E-state index in [0.29, 0.717) is 11.8 Å².